The first-order valence-corrected chi connectivity index (χ1v) is 4.90. The lowest BCUT2D eigenvalue weighted by Gasteiger charge is -2.06. The molecule has 0 aliphatic rings. The van der Waals surface area contributed by atoms with Gasteiger partial charge in [0.05, 0.1) is 0 Å². The van der Waals surface area contributed by atoms with E-state index in [0.29, 0.717) is 5.56 Å². The summed E-state index contributed by atoms with van der Waals surface area (Å²) in [4.78, 5) is 17.9. The van der Waals surface area contributed by atoms with Crippen LogP contribution >= 0.6 is 0 Å². The van der Waals surface area contributed by atoms with Gasteiger partial charge in [-0.15, -0.1) is 0 Å². The van der Waals surface area contributed by atoms with Crippen molar-refractivity contribution in [1.29, 1.82) is 0 Å². The van der Waals surface area contributed by atoms with Crippen molar-refractivity contribution in [3.8, 4) is 11.3 Å². The smallest absolute Gasteiger partial charge is 0.274 e. The van der Waals surface area contributed by atoms with Crippen molar-refractivity contribution >= 4 is 0 Å². The summed E-state index contributed by atoms with van der Waals surface area (Å²) in [7, 11) is 0. The molecule has 0 unspecified atom stereocenters. The highest BCUT2D eigenvalue weighted by Crippen LogP contribution is 2.23. The van der Waals surface area contributed by atoms with Gasteiger partial charge in [0.1, 0.15) is 11.5 Å². The zero-order valence-electron chi connectivity index (χ0n) is 9.04. The summed E-state index contributed by atoms with van der Waals surface area (Å²) in [6.07, 6.45) is 2.86. The number of halogens is 1. The van der Waals surface area contributed by atoms with Crippen LogP contribution in [0.25, 0.3) is 11.3 Å². The second-order valence-corrected chi connectivity index (χ2v) is 3.71. The number of H-pyrrole nitrogens is 1. The van der Waals surface area contributed by atoms with E-state index in [-0.39, 0.29) is 16.8 Å². The Kier molecular flexibility index (Phi) is 2.56. The molecule has 0 aliphatic carbocycles. The number of aromatic nitrogens is 2. The maximum absolute atomic E-state index is 13.8. The second kappa shape index (κ2) is 3.89. The lowest BCUT2D eigenvalue weighted by atomic mass is 10.0. The summed E-state index contributed by atoms with van der Waals surface area (Å²) >= 11 is 0. The number of rotatable bonds is 1. The van der Waals surface area contributed by atoms with Crippen LogP contribution < -0.4 is 5.56 Å². The maximum Gasteiger partial charge on any atom is 0.274 e. The van der Waals surface area contributed by atoms with Gasteiger partial charge in [-0.2, -0.15) is 0 Å². The Balaban J connectivity index is 2.75. The van der Waals surface area contributed by atoms with Crippen LogP contribution in [0.5, 0.6) is 0 Å². The largest absolute Gasteiger partial charge is 0.326 e. The van der Waals surface area contributed by atoms with Crippen LogP contribution in [-0.4, -0.2) is 9.97 Å². The van der Waals surface area contributed by atoms with Crippen LogP contribution in [-0.2, 0) is 0 Å². The summed E-state index contributed by atoms with van der Waals surface area (Å²) in [6.45, 7) is 3.57. The summed E-state index contributed by atoms with van der Waals surface area (Å²) < 4.78 is 13.8. The summed E-state index contributed by atoms with van der Waals surface area (Å²) in [5.74, 6) is -0.415. The van der Waals surface area contributed by atoms with Gasteiger partial charge in [-0.3, -0.25) is 4.79 Å². The normalized spacial score (nSPS) is 10.4. The van der Waals surface area contributed by atoms with Gasteiger partial charge >= 0.3 is 0 Å². The van der Waals surface area contributed by atoms with Gasteiger partial charge in [-0.25, -0.2) is 9.37 Å². The van der Waals surface area contributed by atoms with Crippen molar-refractivity contribution in [1.82, 2.24) is 9.97 Å². The van der Waals surface area contributed by atoms with Crippen LogP contribution in [0, 0.1) is 19.7 Å². The maximum atomic E-state index is 13.8. The highest BCUT2D eigenvalue weighted by molar-refractivity contribution is 5.63. The Bertz CT molecular complexity index is 567. The second-order valence-electron chi connectivity index (χ2n) is 3.71. The average Bonchev–Trinajstić information content (AvgIpc) is 2.19. The fourth-order valence-electron chi connectivity index (χ4n) is 1.75. The Labute approximate surface area is 92.0 Å². The summed E-state index contributed by atoms with van der Waals surface area (Å²) in [6, 6.07) is 3.23. The lowest BCUT2D eigenvalue weighted by Crippen LogP contribution is -2.11. The van der Waals surface area contributed by atoms with Gasteiger partial charge < -0.3 is 4.98 Å². The van der Waals surface area contributed by atoms with Crippen molar-refractivity contribution in [2.75, 3.05) is 0 Å². The molecular weight excluding hydrogens is 207 g/mol. The lowest BCUT2D eigenvalue weighted by molar-refractivity contribution is 0.628. The topological polar surface area (TPSA) is 45.8 Å². The van der Waals surface area contributed by atoms with Crippen molar-refractivity contribution in [2.45, 2.75) is 13.8 Å². The van der Waals surface area contributed by atoms with Gasteiger partial charge in [-0.05, 0) is 31.0 Å². The third-order valence-corrected chi connectivity index (χ3v) is 2.38. The molecule has 0 radical (unpaired) electrons. The van der Waals surface area contributed by atoms with Crippen molar-refractivity contribution in [3.05, 3.63) is 51.8 Å². The number of hydrogen-bond acceptors (Lipinski definition) is 2. The molecule has 0 amide bonds. The van der Waals surface area contributed by atoms with E-state index < -0.39 is 5.82 Å². The molecule has 0 atom stereocenters. The third kappa shape index (κ3) is 1.74. The molecule has 4 heteroatoms. The molecule has 1 N–H and O–H groups in total. The molecule has 16 heavy (non-hydrogen) atoms. The minimum atomic E-state index is -0.415. The highest BCUT2D eigenvalue weighted by Gasteiger charge is 2.13. The molecule has 0 saturated heterocycles. The number of hydrogen-bond donors (Lipinski definition) is 1. The van der Waals surface area contributed by atoms with Crippen LogP contribution in [0.3, 0.4) is 0 Å². The number of aromatic amines is 1. The van der Waals surface area contributed by atoms with E-state index in [1.54, 1.807) is 6.92 Å². The van der Waals surface area contributed by atoms with Gasteiger partial charge in [0.15, 0.2) is 0 Å². The zero-order valence-corrected chi connectivity index (χ0v) is 9.04. The molecule has 1 heterocycles. The number of nitrogens with zero attached hydrogens (tertiary/aromatic N) is 1. The van der Waals surface area contributed by atoms with Crippen molar-refractivity contribution in [2.24, 2.45) is 0 Å². The molecule has 0 spiro atoms. The predicted molar refractivity (Wildman–Crippen MR) is 59.7 cm³/mol. The number of aryl methyl sites for hydroxylation is 2. The summed E-state index contributed by atoms with van der Waals surface area (Å²) in [5, 5.41) is 0. The SMILES string of the molecule is Cc1cc(C)c(-c2ncc[nH]c2=O)c(F)c1. The molecule has 3 nitrogen and oxygen atoms in total. The first-order chi connectivity index (χ1) is 7.59. The van der Waals surface area contributed by atoms with Gasteiger partial charge in [0.25, 0.3) is 5.56 Å². The van der Waals surface area contributed by atoms with Crippen LogP contribution in [0.1, 0.15) is 11.1 Å². The van der Waals surface area contributed by atoms with Gasteiger partial charge in [-0.1, -0.05) is 6.07 Å². The molecule has 1 aromatic heterocycles. The van der Waals surface area contributed by atoms with E-state index in [4.69, 9.17) is 0 Å². The molecule has 0 fully saturated rings. The standard InChI is InChI=1S/C12H11FN2O/c1-7-5-8(2)10(9(13)6-7)11-12(16)15-4-3-14-11/h3-6H,1-2H3,(H,15,16). The zero-order chi connectivity index (χ0) is 11.7. The Morgan fingerprint density at radius 3 is 2.69 bits per heavy atom. The predicted octanol–water partition coefficient (Wildman–Crippen LogP) is 2.19. The molecule has 1 aromatic carbocycles. The molecule has 0 bridgehead atoms. The molecule has 2 aromatic rings. The van der Waals surface area contributed by atoms with Crippen LogP contribution in [0.15, 0.2) is 29.3 Å². The first-order valence-electron chi connectivity index (χ1n) is 4.90. The highest BCUT2D eigenvalue weighted by atomic mass is 19.1. The monoisotopic (exact) mass is 218 g/mol. The quantitative estimate of drug-likeness (QED) is 0.797. The minimum absolute atomic E-state index is 0.123. The van der Waals surface area contributed by atoms with E-state index in [1.807, 2.05) is 13.0 Å². The number of nitrogens with one attached hydrogen (secondary N) is 1. The van der Waals surface area contributed by atoms with Crippen LogP contribution in [0.4, 0.5) is 4.39 Å². The molecule has 0 saturated carbocycles. The van der Waals surface area contributed by atoms with E-state index >= 15 is 0 Å². The summed E-state index contributed by atoms with van der Waals surface area (Å²) in [5.41, 5.74) is 1.55. The molecule has 82 valence electrons. The first kappa shape index (κ1) is 10.5. The van der Waals surface area contributed by atoms with Gasteiger partial charge in [0, 0.05) is 18.0 Å². The van der Waals surface area contributed by atoms with Crippen molar-refractivity contribution in [3.63, 3.8) is 0 Å². The average molecular weight is 218 g/mol. The fraction of sp³-hybridized carbons (Fsp3) is 0.167. The van der Waals surface area contributed by atoms with Gasteiger partial charge in [0.2, 0.25) is 0 Å². The van der Waals surface area contributed by atoms with E-state index in [1.165, 1.54) is 18.5 Å². The molecule has 0 aliphatic heterocycles. The van der Waals surface area contributed by atoms with E-state index in [2.05, 4.69) is 9.97 Å². The Morgan fingerprint density at radius 1 is 1.31 bits per heavy atom. The van der Waals surface area contributed by atoms with E-state index in [0.717, 1.165) is 5.56 Å². The Hall–Kier alpha value is -1.97. The fourth-order valence-corrected chi connectivity index (χ4v) is 1.75. The number of benzene rings is 1. The molecular formula is C12H11FN2O. The van der Waals surface area contributed by atoms with Crippen LogP contribution in [0.2, 0.25) is 0 Å². The third-order valence-electron chi connectivity index (χ3n) is 2.38. The minimum Gasteiger partial charge on any atom is -0.326 e. The van der Waals surface area contributed by atoms with Crippen molar-refractivity contribution < 1.29 is 4.39 Å². The molecule has 2 rings (SSSR count). The van der Waals surface area contributed by atoms with E-state index in [9.17, 15) is 9.18 Å². The Morgan fingerprint density at radius 2 is 2.06 bits per heavy atom.